The number of carboxylic acids is 1. The Morgan fingerprint density at radius 2 is 1.87 bits per heavy atom. The van der Waals surface area contributed by atoms with Crippen LogP contribution in [-0.2, 0) is 9.59 Å². The van der Waals surface area contributed by atoms with Gasteiger partial charge in [-0.2, -0.15) is 0 Å². The lowest BCUT2D eigenvalue weighted by molar-refractivity contribution is -0.138. The van der Waals surface area contributed by atoms with Crippen LogP contribution < -0.4 is 4.74 Å². The zero-order valence-electron chi connectivity index (χ0n) is 12.8. The summed E-state index contributed by atoms with van der Waals surface area (Å²) >= 11 is 6.15. The van der Waals surface area contributed by atoms with E-state index < -0.39 is 5.97 Å². The first-order chi connectivity index (χ1) is 11.0. The summed E-state index contributed by atoms with van der Waals surface area (Å²) in [7, 11) is 1.63. The maximum Gasteiger partial charge on any atom is 0.303 e. The van der Waals surface area contributed by atoms with E-state index in [0.717, 1.165) is 10.8 Å². The zero-order chi connectivity index (χ0) is 16.8. The molecule has 0 radical (unpaired) electrons. The Bertz CT molecular complexity index is 717. The smallest absolute Gasteiger partial charge is 0.303 e. The molecule has 0 aliphatic carbocycles. The minimum atomic E-state index is -0.866. The van der Waals surface area contributed by atoms with Crippen molar-refractivity contribution in [1.82, 2.24) is 4.90 Å². The van der Waals surface area contributed by atoms with Crippen molar-refractivity contribution in [2.75, 3.05) is 20.2 Å². The second-order valence-corrected chi connectivity index (χ2v) is 5.60. The number of nitrogens with zero attached hydrogens (tertiary/aromatic N) is 1. The van der Waals surface area contributed by atoms with Crippen molar-refractivity contribution in [2.45, 2.75) is 12.8 Å². The minimum absolute atomic E-state index is 0.0420. The average molecular weight is 336 g/mol. The molecule has 1 N–H and O–H groups in total. The Kier molecular flexibility index (Phi) is 5.82. The first kappa shape index (κ1) is 17.1. The van der Waals surface area contributed by atoms with E-state index in [0.29, 0.717) is 23.7 Å². The number of amides is 1. The summed E-state index contributed by atoms with van der Waals surface area (Å²) in [5.41, 5.74) is 0. The minimum Gasteiger partial charge on any atom is -0.483 e. The molecule has 0 saturated carbocycles. The number of rotatable bonds is 7. The molecule has 0 unspecified atom stereocenters. The van der Waals surface area contributed by atoms with Gasteiger partial charge in [-0.05, 0) is 18.6 Å². The van der Waals surface area contributed by atoms with Crippen molar-refractivity contribution in [1.29, 1.82) is 0 Å². The van der Waals surface area contributed by atoms with Gasteiger partial charge >= 0.3 is 5.97 Å². The molecule has 0 saturated heterocycles. The summed E-state index contributed by atoms with van der Waals surface area (Å²) in [6.45, 7) is 0.283. The third-order valence-corrected chi connectivity index (χ3v) is 3.82. The molecular formula is C17H18ClNO4. The molecule has 1 amide bonds. The Labute approximate surface area is 139 Å². The molecule has 2 aromatic rings. The zero-order valence-corrected chi connectivity index (χ0v) is 13.5. The quantitative estimate of drug-likeness (QED) is 0.843. The van der Waals surface area contributed by atoms with Crippen molar-refractivity contribution >= 4 is 34.2 Å². The highest BCUT2D eigenvalue weighted by Crippen LogP contribution is 2.31. The lowest BCUT2D eigenvalue weighted by Gasteiger charge is -2.17. The topological polar surface area (TPSA) is 66.8 Å². The van der Waals surface area contributed by atoms with Crippen molar-refractivity contribution < 1.29 is 19.4 Å². The number of hydrogen-bond acceptors (Lipinski definition) is 3. The Balaban J connectivity index is 1.97. The standard InChI is InChI=1S/C17H18ClNO4/c1-19(10-4-7-17(21)22)16(20)11-23-15-9-8-14(18)12-5-2-3-6-13(12)15/h2-3,5-6,8-9H,4,7,10-11H2,1H3,(H,21,22). The first-order valence-corrected chi connectivity index (χ1v) is 7.62. The number of hydrogen-bond donors (Lipinski definition) is 1. The summed E-state index contributed by atoms with van der Waals surface area (Å²) in [4.78, 5) is 24.0. The largest absolute Gasteiger partial charge is 0.483 e. The molecule has 2 rings (SSSR count). The molecule has 2 aromatic carbocycles. The average Bonchev–Trinajstić information content (AvgIpc) is 2.53. The molecule has 0 fully saturated rings. The summed E-state index contributed by atoms with van der Waals surface area (Å²) < 4.78 is 5.62. The van der Waals surface area contributed by atoms with Crippen molar-refractivity contribution in [3.63, 3.8) is 0 Å². The van der Waals surface area contributed by atoms with Crippen LogP contribution in [0.1, 0.15) is 12.8 Å². The molecule has 23 heavy (non-hydrogen) atoms. The number of ether oxygens (including phenoxy) is 1. The molecule has 0 aliphatic rings. The van der Waals surface area contributed by atoms with Crippen LogP contribution in [0.3, 0.4) is 0 Å². The van der Waals surface area contributed by atoms with Crippen LogP contribution in [0.2, 0.25) is 5.02 Å². The van der Waals surface area contributed by atoms with E-state index in [1.54, 1.807) is 19.2 Å². The molecule has 5 nitrogen and oxygen atoms in total. The summed E-state index contributed by atoms with van der Waals surface area (Å²) in [6.07, 6.45) is 0.460. The van der Waals surface area contributed by atoms with E-state index in [1.807, 2.05) is 24.3 Å². The number of carboxylic acid groups (broad SMARTS) is 1. The highest BCUT2D eigenvalue weighted by atomic mass is 35.5. The Morgan fingerprint density at radius 1 is 1.17 bits per heavy atom. The molecule has 0 aliphatic heterocycles. The second-order valence-electron chi connectivity index (χ2n) is 5.19. The fraction of sp³-hybridized carbons (Fsp3) is 0.294. The predicted molar refractivity (Wildman–Crippen MR) is 89.0 cm³/mol. The summed E-state index contributed by atoms with van der Waals surface area (Å²) in [5, 5.41) is 10.9. The van der Waals surface area contributed by atoms with E-state index in [2.05, 4.69) is 0 Å². The van der Waals surface area contributed by atoms with Gasteiger partial charge in [-0.1, -0.05) is 35.9 Å². The highest BCUT2D eigenvalue weighted by Gasteiger charge is 2.12. The van der Waals surface area contributed by atoms with Gasteiger partial charge < -0.3 is 14.7 Å². The Morgan fingerprint density at radius 3 is 2.57 bits per heavy atom. The van der Waals surface area contributed by atoms with Gasteiger partial charge in [-0.25, -0.2) is 0 Å². The van der Waals surface area contributed by atoms with Crippen molar-refractivity contribution in [2.24, 2.45) is 0 Å². The first-order valence-electron chi connectivity index (χ1n) is 7.25. The van der Waals surface area contributed by atoms with Gasteiger partial charge in [0.2, 0.25) is 0 Å². The third kappa shape index (κ3) is 4.60. The lowest BCUT2D eigenvalue weighted by Crippen LogP contribution is -2.32. The normalized spacial score (nSPS) is 10.5. The van der Waals surface area contributed by atoms with Crippen LogP contribution in [0, 0.1) is 0 Å². The fourth-order valence-electron chi connectivity index (χ4n) is 2.20. The second kappa shape index (κ2) is 7.83. The lowest BCUT2D eigenvalue weighted by atomic mass is 10.1. The summed E-state index contributed by atoms with van der Waals surface area (Å²) in [6, 6.07) is 11.0. The van der Waals surface area contributed by atoms with Crippen molar-refractivity contribution in [3.8, 4) is 5.75 Å². The molecule has 0 bridgehead atoms. The van der Waals surface area contributed by atoms with Crippen LogP contribution in [0.5, 0.6) is 5.75 Å². The van der Waals surface area contributed by atoms with Gasteiger partial charge in [0.25, 0.3) is 5.91 Å². The summed E-state index contributed by atoms with van der Waals surface area (Å²) in [5.74, 6) is -0.471. The molecule has 122 valence electrons. The van der Waals surface area contributed by atoms with Crippen LogP contribution >= 0.6 is 11.6 Å². The fourth-order valence-corrected chi connectivity index (χ4v) is 2.43. The molecule has 0 aromatic heterocycles. The number of carbonyl (C=O) groups is 2. The number of aliphatic carboxylic acids is 1. The van der Waals surface area contributed by atoms with Gasteiger partial charge in [0, 0.05) is 35.8 Å². The van der Waals surface area contributed by atoms with E-state index in [1.165, 1.54) is 4.90 Å². The van der Waals surface area contributed by atoms with E-state index in [-0.39, 0.29) is 18.9 Å². The molecule has 0 spiro atoms. The number of carbonyl (C=O) groups excluding carboxylic acids is 1. The molecular weight excluding hydrogens is 318 g/mol. The van der Waals surface area contributed by atoms with Gasteiger partial charge in [-0.15, -0.1) is 0 Å². The molecule has 0 heterocycles. The van der Waals surface area contributed by atoms with Gasteiger partial charge in [-0.3, -0.25) is 9.59 Å². The van der Waals surface area contributed by atoms with Gasteiger partial charge in [0.15, 0.2) is 6.61 Å². The highest BCUT2D eigenvalue weighted by molar-refractivity contribution is 6.35. The van der Waals surface area contributed by atoms with E-state index >= 15 is 0 Å². The monoisotopic (exact) mass is 335 g/mol. The van der Waals surface area contributed by atoms with Crippen LogP contribution in [-0.4, -0.2) is 42.1 Å². The third-order valence-electron chi connectivity index (χ3n) is 3.49. The maximum atomic E-state index is 12.0. The van der Waals surface area contributed by atoms with Gasteiger partial charge in [0.05, 0.1) is 0 Å². The molecule has 0 atom stereocenters. The van der Waals surface area contributed by atoms with Crippen LogP contribution in [0.4, 0.5) is 0 Å². The number of halogens is 1. The maximum absolute atomic E-state index is 12.0. The van der Waals surface area contributed by atoms with E-state index in [9.17, 15) is 9.59 Å². The number of likely N-dealkylation sites (N-methyl/N-ethyl adjacent to an activating group) is 1. The predicted octanol–water partition coefficient (Wildman–Crippen LogP) is 3.20. The molecule has 6 heteroatoms. The number of benzene rings is 2. The van der Waals surface area contributed by atoms with Crippen molar-refractivity contribution in [3.05, 3.63) is 41.4 Å². The SMILES string of the molecule is CN(CCCC(=O)O)C(=O)COc1ccc(Cl)c2ccccc12. The van der Waals surface area contributed by atoms with Crippen LogP contribution in [0.25, 0.3) is 10.8 Å². The van der Waals surface area contributed by atoms with E-state index in [4.69, 9.17) is 21.4 Å². The van der Waals surface area contributed by atoms with Crippen LogP contribution in [0.15, 0.2) is 36.4 Å². The van der Waals surface area contributed by atoms with Gasteiger partial charge in [0.1, 0.15) is 5.75 Å². The number of fused-ring (bicyclic) bond motifs is 1. The Hall–Kier alpha value is -2.27.